The SMILES string of the molecule is CCCCCCCCCCCCCCCCC/C=C/CC/C=C/CC/C=C/C(O)C(COC1OC(CO)C(OC2OC(CO)C(O)C(O)C2O)C(O)C1O)NC(=O)CCCCCCCCCCCC. The van der Waals surface area contributed by atoms with E-state index in [2.05, 4.69) is 43.5 Å². The maximum absolute atomic E-state index is 13.1. The molecule has 2 fully saturated rings. The quantitative estimate of drug-likeness (QED) is 0.0207. The third-order valence-corrected chi connectivity index (χ3v) is 13.6. The summed E-state index contributed by atoms with van der Waals surface area (Å²) in [5.41, 5.74) is 0. The van der Waals surface area contributed by atoms with Gasteiger partial charge in [-0.2, -0.15) is 0 Å². The Hall–Kier alpha value is -1.79. The molecule has 0 bridgehead atoms. The molecule has 2 saturated heterocycles. The molecule has 9 N–H and O–H groups in total. The van der Waals surface area contributed by atoms with Crippen LogP contribution in [0, 0.1) is 0 Å². The summed E-state index contributed by atoms with van der Waals surface area (Å²) in [5, 5.41) is 86.7. The minimum atomic E-state index is -1.79. The highest BCUT2D eigenvalue weighted by atomic mass is 16.7. The van der Waals surface area contributed by atoms with E-state index in [4.69, 9.17) is 18.9 Å². The number of hydrogen-bond acceptors (Lipinski definition) is 13. The summed E-state index contributed by atoms with van der Waals surface area (Å²) in [6, 6.07) is -0.933. The molecule has 1 amide bonds. The van der Waals surface area contributed by atoms with Gasteiger partial charge in [-0.1, -0.05) is 198 Å². The second-order valence-corrected chi connectivity index (χ2v) is 19.7. The number of aliphatic hydroxyl groups excluding tert-OH is 8. The first-order valence-electron chi connectivity index (χ1n) is 27.7. The molecule has 12 atom stereocenters. The van der Waals surface area contributed by atoms with E-state index in [-0.39, 0.29) is 18.9 Å². The van der Waals surface area contributed by atoms with Crippen molar-refractivity contribution in [3.8, 4) is 0 Å². The highest BCUT2D eigenvalue weighted by Crippen LogP contribution is 2.30. The zero-order chi connectivity index (χ0) is 50.3. The number of unbranched alkanes of at least 4 members (excludes halogenated alkanes) is 26. The Morgan fingerprint density at radius 3 is 1.42 bits per heavy atom. The van der Waals surface area contributed by atoms with Crippen LogP contribution < -0.4 is 5.32 Å². The number of ether oxygens (including phenoxy) is 4. The Morgan fingerprint density at radius 2 is 0.928 bits per heavy atom. The molecular weight excluding hydrogens is 883 g/mol. The van der Waals surface area contributed by atoms with Crippen molar-refractivity contribution in [1.29, 1.82) is 0 Å². The van der Waals surface area contributed by atoms with E-state index in [0.29, 0.717) is 12.8 Å². The van der Waals surface area contributed by atoms with E-state index in [1.54, 1.807) is 6.08 Å². The average Bonchev–Trinajstić information content (AvgIpc) is 3.35. The van der Waals surface area contributed by atoms with Crippen molar-refractivity contribution in [3.63, 3.8) is 0 Å². The Kier molecular flexibility index (Phi) is 38.2. The predicted octanol–water partition coefficient (Wildman–Crippen LogP) is 8.27. The fourth-order valence-corrected chi connectivity index (χ4v) is 9.03. The smallest absolute Gasteiger partial charge is 0.220 e. The van der Waals surface area contributed by atoms with Gasteiger partial charge in [0.2, 0.25) is 5.91 Å². The maximum Gasteiger partial charge on any atom is 0.220 e. The minimum Gasteiger partial charge on any atom is -0.394 e. The van der Waals surface area contributed by atoms with Gasteiger partial charge in [0.25, 0.3) is 0 Å². The Labute approximate surface area is 417 Å². The van der Waals surface area contributed by atoms with Gasteiger partial charge in [-0.25, -0.2) is 0 Å². The van der Waals surface area contributed by atoms with Gasteiger partial charge >= 0.3 is 0 Å². The molecule has 12 unspecified atom stereocenters. The minimum absolute atomic E-state index is 0.256. The van der Waals surface area contributed by atoms with Crippen molar-refractivity contribution >= 4 is 5.91 Å². The number of carbonyl (C=O) groups excluding carboxylic acids is 1. The Bertz CT molecular complexity index is 1300. The van der Waals surface area contributed by atoms with Gasteiger partial charge in [0.05, 0.1) is 32.0 Å². The average molecular weight is 984 g/mol. The number of allylic oxidation sites excluding steroid dienone is 5. The topological polar surface area (TPSA) is 228 Å². The molecule has 2 aliphatic rings. The van der Waals surface area contributed by atoms with E-state index in [1.807, 2.05) is 6.08 Å². The Balaban J connectivity index is 1.78. The molecule has 2 heterocycles. The number of hydrogen-bond donors (Lipinski definition) is 9. The molecule has 0 spiro atoms. The molecule has 14 heteroatoms. The normalized spacial score (nSPS) is 26.4. The summed E-state index contributed by atoms with van der Waals surface area (Å²) in [6.07, 6.45) is 32.1. The molecule has 0 saturated carbocycles. The first-order valence-corrected chi connectivity index (χ1v) is 27.7. The van der Waals surface area contributed by atoms with Crippen molar-refractivity contribution in [2.45, 2.75) is 286 Å². The summed E-state index contributed by atoms with van der Waals surface area (Å²) in [7, 11) is 0. The van der Waals surface area contributed by atoms with Crippen LogP contribution in [0.3, 0.4) is 0 Å². The van der Waals surface area contributed by atoms with Crippen LogP contribution in [0.2, 0.25) is 0 Å². The fraction of sp³-hybridized carbons (Fsp3) is 0.873. The first-order chi connectivity index (χ1) is 33.6. The van der Waals surface area contributed by atoms with Crippen LogP contribution >= 0.6 is 0 Å². The van der Waals surface area contributed by atoms with Gasteiger partial charge in [-0.05, 0) is 44.9 Å². The lowest BCUT2D eigenvalue weighted by atomic mass is 9.97. The second kappa shape index (κ2) is 41.7. The summed E-state index contributed by atoms with van der Waals surface area (Å²) in [4.78, 5) is 13.1. The van der Waals surface area contributed by atoms with Gasteiger partial charge in [0.15, 0.2) is 12.6 Å². The molecule has 0 radical (unpaired) electrons. The molecule has 0 aromatic carbocycles. The lowest BCUT2D eigenvalue weighted by molar-refractivity contribution is -0.359. The van der Waals surface area contributed by atoms with E-state index in [0.717, 1.165) is 44.9 Å². The summed E-state index contributed by atoms with van der Waals surface area (Å²) < 4.78 is 22.7. The summed E-state index contributed by atoms with van der Waals surface area (Å²) in [5.74, 6) is -0.256. The van der Waals surface area contributed by atoms with E-state index in [9.17, 15) is 45.6 Å². The van der Waals surface area contributed by atoms with Crippen molar-refractivity contribution < 1.29 is 64.6 Å². The van der Waals surface area contributed by atoms with Gasteiger partial charge in [0, 0.05) is 6.42 Å². The molecule has 2 rings (SSSR count). The van der Waals surface area contributed by atoms with Crippen LogP contribution in [0.4, 0.5) is 0 Å². The van der Waals surface area contributed by atoms with Crippen LogP contribution in [0.25, 0.3) is 0 Å². The molecule has 404 valence electrons. The molecule has 2 aliphatic heterocycles. The van der Waals surface area contributed by atoms with E-state index in [1.165, 1.54) is 135 Å². The van der Waals surface area contributed by atoms with E-state index >= 15 is 0 Å². The summed E-state index contributed by atoms with van der Waals surface area (Å²) >= 11 is 0. The molecule has 0 aliphatic carbocycles. The van der Waals surface area contributed by atoms with Crippen molar-refractivity contribution in [1.82, 2.24) is 5.32 Å². The van der Waals surface area contributed by atoms with Crippen LogP contribution in [-0.4, -0.2) is 140 Å². The Morgan fingerprint density at radius 1 is 0.507 bits per heavy atom. The lowest BCUT2D eigenvalue weighted by Gasteiger charge is -2.46. The van der Waals surface area contributed by atoms with Crippen LogP contribution in [0.5, 0.6) is 0 Å². The third kappa shape index (κ3) is 28.3. The largest absolute Gasteiger partial charge is 0.394 e. The maximum atomic E-state index is 13.1. The number of amides is 1. The number of aliphatic hydroxyl groups is 8. The van der Waals surface area contributed by atoms with Gasteiger partial charge in [0.1, 0.15) is 48.8 Å². The fourth-order valence-electron chi connectivity index (χ4n) is 9.03. The standard InChI is InChI=1S/C55H101NO13/c1-3-5-7-9-11-13-15-16-17-18-19-20-21-22-23-24-25-26-27-28-29-30-32-34-36-38-44(59)43(56-47(60)39-37-35-33-31-14-12-10-8-6-4-2)42-66-54-52(65)50(63)53(46(41-58)68-54)69-55-51(64)49(62)48(61)45(40-57)67-55/h25-26,29-30,36,38,43-46,48-55,57-59,61-65H,3-24,27-28,31-35,37,39-42H2,1-2H3,(H,56,60)/b26-25+,30-29+,38-36+. The van der Waals surface area contributed by atoms with E-state index < -0.39 is 86.8 Å². The van der Waals surface area contributed by atoms with Crippen molar-refractivity contribution in [3.05, 3.63) is 36.5 Å². The second-order valence-electron chi connectivity index (χ2n) is 19.7. The van der Waals surface area contributed by atoms with Crippen molar-refractivity contribution in [2.24, 2.45) is 0 Å². The molecule has 69 heavy (non-hydrogen) atoms. The van der Waals surface area contributed by atoms with Crippen LogP contribution in [0.15, 0.2) is 36.5 Å². The van der Waals surface area contributed by atoms with Crippen LogP contribution in [0.1, 0.15) is 213 Å². The van der Waals surface area contributed by atoms with Gasteiger partial charge in [-0.3, -0.25) is 4.79 Å². The lowest BCUT2D eigenvalue weighted by Crippen LogP contribution is -2.65. The molecule has 0 aromatic heterocycles. The zero-order valence-corrected chi connectivity index (χ0v) is 43.1. The van der Waals surface area contributed by atoms with Gasteiger partial charge in [-0.15, -0.1) is 0 Å². The molecular formula is C55H101NO13. The van der Waals surface area contributed by atoms with Crippen LogP contribution in [-0.2, 0) is 23.7 Å². The molecule has 14 nitrogen and oxygen atoms in total. The number of carbonyl (C=O) groups is 1. The third-order valence-electron chi connectivity index (χ3n) is 13.6. The monoisotopic (exact) mass is 984 g/mol. The highest BCUT2D eigenvalue weighted by molar-refractivity contribution is 5.76. The first kappa shape index (κ1) is 63.3. The summed E-state index contributed by atoms with van der Waals surface area (Å²) in [6.45, 7) is 2.75. The van der Waals surface area contributed by atoms with Gasteiger partial charge < -0.3 is 65.1 Å². The van der Waals surface area contributed by atoms with Crippen molar-refractivity contribution in [2.75, 3.05) is 19.8 Å². The number of nitrogens with one attached hydrogen (secondary N) is 1. The molecule has 0 aromatic rings. The highest BCUT2D eigenvalue weighted by Gasteiger charge is 2.51. The number of rotatable bonds is 43. The zero-order valence-electron chi connectivity index (χ0n) is 43.1. The predicted molar refractivity (Wildman–Crippen MR) is 272 cm³/mol.